The van der Waals surface area contributed by atoms with Crippen molar-refractivity contribution in [3.63, 3.8) is 0 Å². The number of aromatic nitrogens is 2. The van der Waals surface area contributed by atoms with E-state index >= 15 is 0 Å². The highest BCUT2D eigenvalue weighted by Gasteiger charge is 2.16. The van der Waals surface area contributed by atoms with Crippen LogP contribution in [-0.4, -0.2) is 35.3 Å². The van der Waals surface area contributed by atoms with Gasteiger partial charge in [-0.2, -0.15) is 5.10 Å². The van der Waals surface area contributed by atoms with E-state index in [4.69, 9.17) is 10.5 Å². The predicted octanol–water partition coefficient (Wildman–Crippen LogP) is -0.424. The third kappa shape index (κ3) is 2.37. The molecule has 0 aliphatic carbocycles. The van der Waals surface area contributed by atoms with Crippen LogP contribution in [0.3, 0.4) is 0 Å². The summed E-state index contributed by atoms with van der Waals surface area (Å²) in [4.78, 5) is 11.5. The zero-order valence-corrected chi connectivity index (χ0v) is 7.73. The summed E-state index contributed by atoms with van der Waals surface area (Å²) in [7, 11) is 3.26. The molecular weight excluding hydrogens is 170 g/mol. The fraction of sp³-hybridized carbons (Fsp3) is 0.500. The van der Waals surface area contributed by atoms with Crippen molar-refractivity contribution >= 4 is 5.78 Å². The van der Waals surface area contributed by atoms with E-state index in [0.717, 1.165) is 0 Å². The molecule has 1 heterocycles. The maximum absolute atomic E-state index is 11.5. The second kappa shape index (κ2) is 4.15. The minimum Gasteiger partial charge on any atom is -0.383 e. The number of rotatable bonds is 4. The van der Waals surface area contributed by atoms with Gasteiger partial charge >= 0.3 is 0 Å². The Kier molecular flexibility index (Phi) is 3.16. The molecule has 0 aliphatic rings. The first-order valence-corrected chi connectivity index (χ1v) is 3.92. The Balaban J connectivity index is 2.67. The lowest BCUT2D eigenvalue weighted by Gasteiger charge is -2.06. The smallest absolute Gasteiger partial charge is 0.185 e. The van der Waals surface area contributed by atoms with Crippen LogP contribution in [0.2, 0.25) is 0 Å². The monoisotopic (exact) mass is 183 g/mol. The van der Waals surface area contributed by atoms with Crippen molar-refractivity contribution in [2.24, 2.45) is 12.8 Å². The normalized spacial score (nSPS) is 12.8. The number of ketones is 1. The van der Waals surface area contributed by atoms with Gasteiger partial charge in [-0.05, 0) is 0 Å². The molecule has 1 unspecified atom stereocenters. The number of ether oxygens (including phenoxy) is 1. The Morgan fingerprint density at radius 3 is 3.00 bits per heavy atom. The van der Waals surface area contributed by atoms with E-state index < -0.39 is 6.04 Å². The number of hydrogen-bond donors (Lipinski definition) is 1. The summed E-state index contributed by atoms with van der Waals surface area (Å²) in [5.74, 6) is -0.144. The van der Waals surface area contributed by atoms with E-state index in [9.17, 15) is 4.79 Å². The van der Waals surface area contributed by atoms with Gasteiger partial charge in [-0.1, -0.05) is 0 Å². The molecule has 0 saturated carbocycles. The van der Waals surface area contributed by atoms with Crippen molar-refractivity contribution in [3.05, 3.63) is 18.0 Å². The number of hydrogen-bond acceptors (Lipinski definition) is 4. The first-order chi connectivity index (χ1) is 6.15. The van der Waals surface area contributed by atoms with Crippen LogP contribution in [0, 0.1) is 0 Å². The third-order valence-corrected chi connectivity index (χ3v) is 1.67. The van der Waals surface area contributed by atoms with Crippen LogP contribution in [0.15, 0.2) is 12.4 Å². The van der Waals surface area contributed by atoms with Gasteiger partial charge in [-0.3, -0.25) is 9.48 Å². The van der Waals surface area contributed by atoms with E-state index in [1.165, 1.54) is 13.3 Å². The SMILES string of the molecule is COCC(N)C(=O)c1cnn(C)c1. The molecule has 72 valence electrons. The minimum absolute atomic E-state index is 0.144. The van der Waals surface area contributed by atoms with E-state index in [0.29, 0.717) is 5.56 Å². The molecule has 0 bridgehead atoms. The van der Waals surface area contributed by atoms with Crippen molar-refractivity contribution in [1.29, 1.82) is 0 Å². The second-order valence-corrected chi connectivity index (χ2v) is 2.83. The van der Waals surface area contributed by atoms with Gasteiger partial charge in [0.15, 0.2) is 5.78 Å². The zero-order chi connectivity index (χ0) is 9.84. The fourth-order valence-corrected chi connectivity index (χ4v) is 1.02. The second-order valence-electron chi connectivity index (χ2n) is 2.83. The van der Waals surface area contributed by atoms with Crippen LogP contribution in [-0.2, 0) is 11.8 Å². The zero-order valence-electron chi connectivity index (χ0n) is 7.73. The number of aryl methyl sites for hydroxylation is 1. The summed E-state index contributed by atoms with van der Waals surface area (Å²) >= 11 is 0. The topological polar surface area (TPSA) is 70.1 Å². The highest BCUT2D eigenvalue weighted by Crippen LogP contribution is 2.00. The van der Waals surface area contributed by atoms with Crippen molar-refractivity contribution in [1.82, 2.24) is 9.78 Å². The van der Waals surface area contributed by atoms with E-state index in [2.05, 4.69) is 5.10 Å². The molecule has 0 spiro atoms. The first kappa shape index (κ1) is 9.88. The molecule has 13 heavy (non-hydrogen) atoms. The van der Waals surface area contributed by atoms with Crippen LogP contribution in [0.1, 0.15) is 10.4 Å². The Bertz CT molecular complexity index is 295. The number of carbonyl (C=O) groups is 1. The van der Waals surface area contributed by atoms with Gasteiger partial charge in [0.05, 0.1) is 24.4 Å². The van der Waals surface area contributed by atoms with Crippen molar-refractivity contribution in [2.45, 2.75) is 6.04 Å². The molecule has 0 fully saturated rings. The van der Waals surface area contributed by atoms with Gasteiger partial charge in [0.25, 0.3) is 0 Å². The van der Waals surface area contributed by atoms with Crippen molar-refractivity contribution in [2.75, 3.05) is 13.7 Å². The summed E-state index contributed by atoms with van der Waals surface area (Å²) in [6.07, 6.45) is 3.13. The molecule has 0 saturated heterocycles. The highest BCUT2D eigenvalue weighted by atomic mass is 16.5. The average molecular weight is 183 g/mol. The summed E-state index contributed by atoms with van der Waals surface area (Å²) in [6.45, 7) is 0.230. The molecule has 1 aromatic heterocycles. The van der Waals surface area contributed by atoms with E-state index in [1.807, 2.05) is 0 Å². The maximum Gasteiger partial charge on any atom is 0.185 e. The molecule has 0 aromatic carbocycles. The summed E-state index contributed by atoms with van der Waals surface area (Å²) in [5, 5.41) is 3.88. The molecule has 1 atom stereocenters. The highest BCUT2D eigenvalue weighted by molar-refractivity contribution is 5.99. The molecule has 0 radical (unpaired) electrons. The van der Waals surface area contributed by atoms with Gasteiger partial charge in [0.1, 0.15) is 0 Å². The van der Waals surface area contributed by atoms with Crippen LogP contribution >= 0.6 is 0 Å². The lowest BCUT2D eigenvalue weighted by Crippen LogP contribution is -2.34. The minimum atomic E-state index is -0.603. The summed E-state index contributed by atoms with van der Waals surface area (Å²) < 4.78 is 6.34. The third-order valence-electron chi connectivity index (χ3n) is 1.67. The Hall–Kier alpha value is -1.20. The van der Waals surface area contributed by atoms with Crippen LogP contribution in [0.25, 0.3) is 0 Å². The first-order valence-electron chi connectivity index (χ1n) is 3.92. The molecule has 2 N–H and O–H groups in total. The average Bonchev–Trinajstić information content (AvgIpc) is 2.51. The lowest BCUT2D eigenvalue weighted by atomic mass is 10.1. The fourth-order valence-electron chi connectivity index (χ4n) is 1.02. The van der Waals surface area contributed by atoms with Gasteiger partial charge in [-0.15, -0.1) is 0 Å². The summed E-state index contributed by atoms with van der Waals surface area (Å²) in [6, 6.07) is -0.603. The Labute approximate surface area is 76.5 Å². The van der Waals surface area contributed by atoms with Crippen molar-refractivity contribution in [3.8, 4) is 0 Å². The molecular formula is C8H13N3O2. The van der Waals surface area contributed by atoms with Gasteiger partial charge in [0, 0.05) is 20.4 Å². The molecule has 0 aliphatic heterocycles. The van der Waals surface area contributed by atoms with Crippen LogP contribution in [0.4, 0.5) is 0 Å². The standard InChI is InChI=1S/C8H13N3O2/c1-11-4-6(3-10-11)8(12)7(9)5-13-2/h3-4,7H,5,9H2,1-2H3. The maximum atomic E-state index is 11.5. The Morgan fingerprint density at radius 2 is 2.54 bits per heavy atom. The summed E-state index contributed by atoms with van der Waals surface area (Å²) in [5.41, 5.74) is 6.08. The quantitative estimate of drug-likeness (QED) is 0.643. The van der Waals surface area contributed by atoms with Gasteiger partial charge < -0.3 is 10.5 Å². The molecule has 0 amide bonds. The van der Waals surface area contributed by atoms with Gasteiger partial charge in [-0.25, -0.2) is 0 Å². The number of carbonyl (C=O) groups excluding carboxylic acids is 1. The lowest BCUT2D eigenvalue weighted by molar-refractivity contribution is 0.0892. The number of nitrogens with zero attached hydrogens (tertiary/aromatic N) is 2. The molecule has 5 heteroatoms. The molecule has 5 nitrogen and oxygen atoms in total. The molecule has 1 rings (SSSR count). The van der Waals surface area contributed by atoms with Crippen molar-refractivity contribution < 1.29 is 9.53 Å². The number of Topliss-reactive ketones (excluding diaryl/α,β-unsaturated/α-hetero) is 1. The number of nitrogens with two attached hydrogens (primary N) is 1. The van der Waals surface area contributed by atoms with Gasteiger partial charge in [0.2, 0.25) is 0 Å². The predicted molar refractivity (Wildman–Crippen MR) is 47.4 cm³/mol. The molecule has 1 aromatic rings. The van der Waals surface area contributed by atoms with E-state index in [1.54, 1.807) is 17.9 Å². The Morgan fingerprint density at radius 1 is 1.85 bits per heavy atom. The number of methoxy groups -OCH3 is 1. The van der Waals surface area contributed by atoms with Crippen LogP contribution < -0.4 is 5.73 Å². The largest absolute Gasteiger partial charge is 0.383 e. The van der Waals surface area contributed by atoms with Crippen LogP contribution in [0.5, 0.6) is 0 Å². The van der Waals surface area contributed by atoms with E-state index in [-0.39, 0.29) is 12.4 Å².